The highest BCUT2D eigenvalue weighted by molar-refractivity contribution is 6.10. The molecule has 0 radical (unpaired) electrons. The Hall–Kier alpha value is -6.38. The van der Waals surface area contributed by atoms with Gasteiger partial charge in [0.2, 0.25) is 0 Å². The van der Waals surface area contributed by atoms with Crippen LogP contribution in [0.25, 0.3) is 83.5 Å². The van der Waals surface area contributed by atoms with Crippen LogP contribution in [0.15, 0.2) is 176 Å². The fourth-order valence-corrected chi connectivity index (χ4v) is 8.04. The van der Waals surface area contributed by atoms with Crippen molar-refractivity contribution in [3.05, 3.63) is 187 Å². The summed E-state index contributed by atoms with van der Waals surface area (Å²) >= 11 is 0. The number of rotatable bonds is 5. The quantitative estimate of drug-likeness (QED) is 0.178. The Morgan fingerprint density at radius 2 is 0.920 bits per heavy atom. The minimum Gasteiger partial charge on any atom is -0.310 e. The Morgan fingerprint density at radius 3 is 1.60 bits per heavy atom. The summed E-state index contributed by atoms with van der Waals surface area (Å²) in [5, 5.41) is 3.88. The third-order valence-electron chi connectivity index (χ3n) is 10.4. The van der Waals surface area contributed by atoms with E-state index in [-0.39, 0.29) is 0 Å². The summed E-state index contributed by atoms with van der Waals surface area (Å²) < 4.78 is 4.87. The normalized spacial score (nSPS) is 12.6. The standard InChI is InChI=1S/C48H34N2/c1-4-14-33(15-5-1)37-28-38(34-16-6-2-7-17-34)30-40(29-37)50-46-23-13-11-21-42(46)44-32-36(25-27-48(44)50)35-24-26-47-43(31-35)41-20-10-12-22-45(41)49(47)39-18-8-3-9-19-39/h1-10,12-20,22-32H,11,21H2. The third-order valence-corrected chi connectivity index (χ3v) is 10.4. The van der Waals surface area contributed by atoms with Gasteiger partial charge in [-0.15, -0.1) is 0 Å². The summed E-state index contributed by atoms with van der Waals surface area (Å²) in [7, 11) is 0. The monoisotopic (exact) mass is 638 g/mol. The van der Waals surface area contributed by atoms with Crippen LogP contribution >= 0.6 is 0 Å². The number of hydrogen-bond acceptors (Lipinski definition) is 0. The average molecular weight is 639 g/mol. The minimum absolute atomic E-state index is 1.03. The molecule has 9 aromatic rings. The van der Waals surface area contributed by atoms with Gasteiger partial charge in [0.05, 0.1) is 16.6 Å². The Morgan fingerprint density at radius 1 is 0.360 bits per heavy atom. The van der Waals surface area contributed by atoms with Gasteiger partial charge in [0, 0.05) is 33.2 Å². The van der Waals surface area contributed by atoms with Crippen LogP contribution in [0.2, 0.25) is 0 Å². The largest absolute Gasteiger partial charge is 0.310 e. The first-order valence-corrected chi connectivity index (χ1v) is 17.5. The van der Waals surface area contributed by atoms with Crippen molar-refractivity contribution in [2.45, 2.75) is 12.8 Å². The number of allylic oxidation sites excluding steroid dienone is 1. The summed E-state index contributed by atoms with van der Waals surface area (Å²) in [6.07, 6.45) is 6.75. The second-order valence-electron chi connectivity index (χ2n) is 13.3. The lowest BCUT2D eigenvalue weighted by molar-refractivity contribution is 0.968. The number of fused-ring (bicyclic) bond motifs is 6. The molecular weight excluding hydrogens is 605 g/mol. The van der Waals surface area contributed by atoms with Gasteiger partial charge in [0.25, 0.3) is 0 Å². The molecule has 50 heavy (non-hydrogen) atoms. The Kier molecular flexibility index (Phi) is 6.67. The van der Waals surface area contributed by atoms with Gasteiger partial charge < -0.3 is 9.13 Å². The van der Waals surface area contributed by atoms with E-state index in [1.54, 1.807) is 0 Å². The zero-order valence-corrected chi connectivity index (χ0v) is 27.6. The second-order valence-corrected chi connectivity index (χ2v) is 13.3. The highest BCUT2D eigenvalue weighted by Gasteiger charge is 2.21. The number of benzene rings is 7. The van der Waals surface area contributed by atoms with Crippen LogP contribution in [0.1, 0.15) is 17.7 Å². The van der Waals surface area contributed by atoms with Crippen LogP contribution in [0.3, 0.4) is 0 Å². The number of aromatic nitrogens is 2. The van der Waals surface area contributed by atoms with Crippen molar-refractivity contribution in [2.24, 2.45) is 0 Å². The molecule has 0 N–H and O–H groups in total. The molecule has 0 bridgehead atoms. The first-order valence-electron chi connectivity index (χ1n) is 17.5. The van der Waals surface area contributed by atoms with E-state index in [1.807, 2.05) is 0 Å². The zero-order valence-electron chi connectivity index (χ0n) is 27.6. The van der Waals surface area contributed by atoms with E-state index in [0.29, 0.717) is 0 Å². The molecule has 0 unspecified atom stereocenters. The van der Waals surface area contributed by atoms with E-state index < -0.39 is 0 Å². The van der Waals surface area contributed by atoms with Gasteiger partial charge in [-0.3, -0.25) is 0 Å². The lowest BCUT2D eigenvalue weighted by atomic mass is 9.97. The van der Waals surface area contributed by atoms with Crippen molar-refractivity contribution in [3.63, 3.8) is 0 Å². The fraction of sp³-hybridized carbons (Fsp3) is 0.0417. The molecule has 2 aromatic heterocycles. The van der Waals surface area contributed by atoms with Crippen LogP contribution in [0, 0.1) is 0 Å². The van der Waals surface area contributed by atoms with E-state index in [2.05, 4.69) is 191 Å². The molecule has 2 heteroatoms. The predicted molar refractivity (Wildman–Crippen MR) is 211 cm³/mol. The molecule has 2 heterocycles. The maximum Gasteiger partial charge on any atom is 0.0541 e. The molecule has 2 nitrogen and oxygen atoms in total. The van der Waals surface area contributed by atoms with Crippen LogP contribution < -0.4 is 0 Å². The molecule has 0 atom stereocenters. The van der Waals surface area contributed by atoms with Crippen molar-refractivity contribution in [1.29, 1.82) is 0 Å². The van der Waals surface area contributed by atoms with Crippen molar-refractivity contribution < 1.29 is 0 Å². The Bertz CT molecular complexity index is 2670. The Labute approximate surface area is 291 Å². The summed E-state index contributed by atoms with van der Waals surface area (Å²) in [6.45, 7) is 0. The third kappa shape index (κ3) is 4.64. The van der Waals surface area contributed by atoms with Crippen LogP contribution in [-0.4, -0.2) is 9.13 Å². The van der Waals surface area contributed by atoms with Gasteiger partial charge in [0.1, 0.15) is 0 Å². The van der Waals surface area contributed by atoms with Gasteiger partial charge in [-0.05, 0) is 119 Å². The maximum atomic E-state index is 2.49. The lowest BCUT2D eigenvalue weighted by Crippen LogP contribution is -2.01. The van der Waals surface area contributed by atoms with E-state index >= 15 is 0 Å². The average Bonchev–Trinajstić information content (AvgIpc) is 3.71. The second kappa shape index (κ2) is 11.6. The molecule has 236 valence electrons. The van der Waals surface area contributed by atoms with Crippen molar-refractivity contribution in [1.82, 2.24) is 9.13 Å². The van der Waals surface area contributed by atoms with Gasteiger partial charge in [-0.25, -0.2) is 0 Å². The molecule has 0 saturated carbocycles. The summed E-state index contributed by atoms with van der Waals surface area (Å²) in [4.78, 5) is 0. The molecule has 0 saturated heterocycles. The van der Waals surface area contributed by atoms with Gasteiger partial charge >= 0.3 is 0 Å². The molecule has 10 rings (SSSR count). The topological polar surface area (TPSA) is 9.86 Å². The van der Waals surface area contributed by atoms with E-state index in [4.69, 9.17) is 0 Å². The van der Waals surface area contributed by atoms with Gasteiger partial charge in [-0.1, -0.05) is 115 Å². The van der Waals surface area contributed by atoms with Crippen LogP contribution in [-0.2, 0) is 6.42 Å². The molecule has 0 spiro atoms. The molecule has 0 fully saturated rings. The van der Waals surface area contributed by atoms with Crippen molar-refractivity contribution >= 4 is 38.8 Å². The maximum absolute atomic E-state index is 2.49. The number of hydrogen-bond donors (Lipinski definition) is 0. The van der Waals surface area contributed by atoms with E-state index in [0.717, 1.165) is 12.8 Å². The number of nitrogens with zero attached hydrogens (tertiary/aromatic N) is 2. The van der Waals surface area contributed by atoms with E-state index in [1.165, 1.54) is 88.7 Å². The SMILES string of the molecule is C1=Cc2c(c3cc(-c4ccc5c(c4)c4ccccc4n5-c4ccccc4)ccc3n2-c2cc(-c3ccccc3)cc(-c3ccccc3)c2)CC1. The summed E-state index contributed by atoms with van der Waals surface area (Å²) in [6, 6.07) is 62.0. The van der Waals surface area contributed by atoms with Crippen molar-refractivity contribution in [2.75, 3.05) is 0 Å². The number of para-hydroxylation sites is 2. The minimum atomic E-state index is 1.03. The molecular formula is C48H34N2. The lowest BCUT2D eigenvalue weighted by Gasteiger charge is -2.16. The Balaban J connectivity index is 1.16. The summed E-state index contributed by atoms with van der Waals surface area (Å²) in [5.74, 6) is 0. The predicted octanol–water partition coefficient (Wildman–Crippen LogP) is 12.7. The molecule has 7 aromatic carbocycles. The number of aryl methyl sites for hydroxylation is 1. The van der Waals surface area contributed by atoms with Crippen LogP contribution in [0.4, 0.5) is 0 Å². The zero-order chi connectivity index (χ0) is 33.0. The smallest absolute Gasteiger partial charge is 0.0541 e. The fourth-order valence-electron chi connectivity index (χ4n) is 8.04. The molecule has 0 amide bonds. The van der Waals surface area contributed by atoms with Gasteiger partial charge in [0.15, 0.2) is 0 Å². The molecule has 0 aliphatic heterocycles. The molecule has 1 aliphatic carbocycles. The highest BCUT2D eigenvalue weighted by Crippen LogP contribution is 2.40. The molecule has 1 aliphatic rings. The van der Waals surface area contributed by atoms with Crippen molar-refractivity contribution in [3.8, 4) is 44.8 Å². The first-order chi connectivity index (χ1) is 24.8. The summed E-state index contributed by atoms with van der Waals surface area (Å²) in [5.41, 5.74) is 16.1. The first kappa shape index (κ1) is 28.6. The van der Waals surface area contributed by atoms with E-state index in [9.17, 15) is 0 Å². The van der Waals surface area contributed by atoms with Crippen LogP contribution in [0.5, 0.6) is 0 Å². The highest BCUT2D eigenvalue weighted by atomic mass is 15.0. The van der Waals surface area contributed by atoms with Gasteiger partial charge in [-0.2, -0.15) is 0 Å².